The van der Waals surface area contributed by atoms with E-state index in [2.05, 4.69) is 20.0 Å². The fourth-order valence-corrected chi connectivity index (χ4v) is 3.92. The normalized spacial score (nSPS) is 11.0. The van der Waals surface area contributed by atoms with Gasteiger partial charge in [0.15, 0.2) is 5.82 Å². The maximum atomic E-state index is 13.8. The van der Waals surface area contributed by atoms with E-state index in [0.717, 1.165) is 36.7 Å². The van der Waals surface area contributed by atoms with E-state index in [9.17, 15) is 8.78 Å². The van der Waals surface area contributed by atoms with E-state index in [0.29, 0.717) is 40.0 Å². The molecule has 0 fully saturated rings. The standard InChI is InChI=1S/C22H24ClF2N7S/c1-12(26)19-20(27)29-21(30-22(19)28-8-9-32(2)3)13-4-7-17(15(23)10-13)31-33-18-11-14(24)5-6-16(18)25/h4-7,10-11,26,31H,8-9H2,1-3H3,(H3,27,28,29,30). The highest BCUT2D eigenvalue weighted by Gasteiger charge is 2.16. The lowest BCUT2D eigenvalue weighted by atomic mass is 10.1. The van der Waals surface area contributed by atoms with Gasteiger partial charge in [-0.05, 0) is 69.4 Å². The van der Waals surface area contributed by atoms with Crippen LogP contribution >= 0.6 is 23.5 Å². The third-order valence-corrected chi connectivity index (χ3v) is 5.72. The molecule has 33 heavy (non-hydrogen) atoms. The van der Waals surface area contributed by atoms with Crippen molar-refractivity contribution in [3.63, 3.8) is 0 Å². The molecule has 0 aliphatic carbocycles. The second kappa shape index (κ2) is 10.8. The number of halogens is 3. The lowest BCUT2D eigenvalue weighted by Gasteiger charge is -2.16. The number of nitrogens with zero attached hydrogens (tertiary/aromatic N) is 3. The monoisotopic (exact) mass is 491 g/mol. The van der Waals surface area contributed by atoms with Crippen LogP contribution < -0.4 is 15.8 Å². The molecule has 0 amide bonds. The van der Waals surface area contributed by atoms with Crippen LogP contribution in [-0.4, -0.2) is 47.8 Å². The molecule has 0 aliphatic heterocycles. The molecule has 3 rings (SSSR count). The number of anilines is 3. The molecule has 0 unspecified atom stereocenters. The molecule has 1 heterocycles. The van der Waals surface area contributed by atoms with Gasteiger partial charge in [0.05, 0.1) is 21.2 Å². The van der Waals surface area contributed by atoms with Crippen LogP contribution in [0.2, 0.25) is 5.02 Å². The Balaban J connectivity index is 1.85. The molecule has 2 aromatic carbocycles. The molecule has 0 saturated carbocycles. The van der Waals surface area contributed by atoms with Crippen LogP contribution in [0.25, 0.3) is 11.4 Å². The number of benzene rings is 2. The second-order valence-electron chi connectivity index (χ2n) is 7.48. The maximum absolute atomic E-state index is 13.8. The first-order chi connectivity index (χ1) is 15.7. The van der Waals surface area contributed by atoms with Gasteiger partial charge in [0, 0.05) is 24.4 Å². The van der Waals surface area contributed by atoms with Crippen molar-refractivity contribution < 1.29 is 8.78 Å². The van der Waals surface area contributed by atoms with E-state index in [1.54, 1.807) is 25.1 Å². The Morgan fingerprint density at radius 1 is 1.18 bits per heavy atom. The van der Waals surface area contributed by atoms with Gasteiger partial charge in [0.2, 0.25) is 0 Å². The van der Waals surface area contributed by atoms with Crippen molar-refractivity contribution in [3.8, 4) is 11.4 Å². The third-order valence-electron chi connectivity index (χ3n) is 4.55. The van der Waals surface area contributed by atoms with E-state index < -0.39 is 11.6 Å². The average Bonchev–Trinajstić information content (AvgIpc) is 2.74. The van der Waals surface area contributed by atoms with Crippen molar-refractivity contribution in [2.24, 2.45) is 0 Å². The molecular weight excluding hydrogens is 468 g/mol. The van der Waals surface area contributed by atoms with Crippen molar-refractivity contribution in [2.45, 2.75) is 11.8 Å². The lowest BCUT2D eigenvalue weighted by Crippen LogP contribution is -2.22. The van der Waals surface area contributed by atoms with Gasteiger partial charge in [-0.1, -0.05) is 11.6 Å². The van der Waals surface area contributed by atoms with Crippen LogP contribution in [0.5, 0.6) is 0 Å². The Bertz CT molecular complexity index is 1170. The van der Waals surface area contributed by atoms with Crippen LogP contribution in [0.15, 0.2) is 41.3 Å². The Morgan fingerprint density at radius 3 is 2.61 bits per heavy atom. The number of nitrogens with two attached hydrogens (primary N) is 1. The van der Waals surface area contributed by atoms with Crippen molar-refractivity contribution in [1.29, 1.82) is 5.41 Å². The van der Waals surface area contributed by atoms with Gasteiger partial charge >= 0.3 is 0 Å². The molecule has 0 aliphatic rings. The first kappa shape index (κ1) is 24.7. The van der Waals surface area contributed by atoms with Gasteiger partial charge in [-0.15, -0.1) is 0 Å². The maximum Gasteiger partial charge on any atom is 0.163 e. The zero-order chi connectivity index (χ0) is 24.1. The highest BCUT2D eigenvalue weighted by atomic mass is 35.5. The first-order valence-electron chi connectivity index (χ1n) is 9.95. The van der Waals surface area contributed by atoms with Gasteiger partial charge < -0.3 is 26.1 Å². The number of hydrogen-bond acceptors (Lipinski definition) is 8. The smallest absolute Gasteiger partial charge is 0.163 e. The average molecular weight is 492 g/mol. The van der Waals surface area contributed by atoms with Crippen molar-refractivity contribution in [3.05, 3.63) is 58.6 Å². The summed E-state index contributed by atoms with van der Waals surface area (Å²) in [5, 5.41) is 11.6. The van der Waals surface area contributed by atoms with Crippen LogP contribution in [0, 0.1) is 17.0 Å². The molecule has 1 aromatic heterocycles. The molecule has 0 radical (unpaired) electrons. The fraction of sp³-hybridized carbons (Fsp3) is 0.227. The lowest BCUT2D eigenvalue weighted by molar-refractivity contribution is 0.425. The molecule has 11 heteroatoms. The highest BCUT2D eigenvalue weighted by Crippen LogP contribution is 2.33. The molecule has 7 nitrogen and oxygen atoms in total. The summed E-state index contributed by atoms with van der Waals surface area (Å²) in [6, 6.07) is 8.31. The van der Waals surface area contributed by atoms with E-state index in [4.69, 9.17) is 22.7 Å². The summed E-state index contributed by atoms with van der Waals surface area (Å²) < 4.78 is 30.1. The Hall–Kier alpha value is -2.95. The van der Waals surface area contributed by atoms with Crippen LogP contribution in [-0.2, 0) is 0 Å². The molecule has 5 N–H and O–H groups in total. The summed E-state index contributed by atoms with van der Waals surface area (Å²) >= 11 is 7.32. The van der Waals surface area contributed by atoms with Gasteiger partial charge in [-0.2, -0.15) is 0 Å². The summed E-state index contributed by atoms with van der Waals surface area (Å²) in [6.07, 6.45) is 0. The predicted octanol–water partition coefficient (Wildman–Crippen LogP) is 5.14. The van der Waals surface area contributed by atoms with Crippen LogP contribution in [0.1, 0.15) is 12.5 Å². The Morgan fingerprint density at radius 2 is 1.94 bits per heavy atom. The highest BCUT2D eigenvalue weighted by molar-refractivity contribution is 8.00. The number of likely N-dealkylation sites (N-methyl/N-ethyl adjacent to an activating group) is 1. The van der Waals surface area contributed by atoms with Gasteiger partial charge in [-0.3, -0.25) is 0 Å². The van der Waals surface area contributed by atoms with E-state index >= 15 is 0 Å². The molecule has 0 saturated heterocycles. The van der Waals surface area contributed by atoms with Crippen molar-refractivity contribution in [2.75, 3.05) is 43.0 Å². The van der Waals surface area contributed by atoms with E-state index in [-0.39, 0.29) is 16.4 Å². The largest absolute Gasteiger partial charge is 0.383 e. The van der Waals surface area contributed by atoms with Crippen LogP contribution in [0.3, 0.4) is 0 Å². The minimum absolute atomic E-state index is 0.109. The second-order valence-corrected chi connectivity index (χ2v) is 8.74. The van der Waals surface area contributed by atoms with Gasteiger partial charge in [-0.25, -0.2) is 18.7 Å². The molecular formula is C22H24ClF2N7S. The Labute approximate surface area is 200 Å². The number of rotatable bonds is 9. The summed E-state index contributed by atoms with van der Waals surface area (Å²) in [6.45, 7) is 3.01. The summed E-state index contributed by atoms with van der Waals surface area (Å²) in [4.78, 5) is 11.1. The predicted molar refractivity (Wildman–Crippen MR) is 132 cm³/mol. The Kier molecular flexibility index (Phi) is 8.06. The zero-order valence-corrected chi connectivity index (χ0v) is 19.9. The number of hydrogen-bond donors (Lipinski definition) is 4. The summed E-state index contributed by atoms with van der Waals surface area (Å²) in [5.41, 5.74) is 7.98. The fourth-order valence-electron chi connectivity index (χ4n) is 2.91. The molecule has 3 aromatic rings. The quantitative estimate of drug-likeness (QED) is 0.243. The number of nitrogen functional groups attached to an aromatic ring is 1. The van der Waals surface area contributed by atoms with E-state index in [1.807, 2.05) is 19.0 Å². The molecule has 174 valence electrons. The molecule has 0 bridgehead atoms. The molecule has 0 atom stereocenters. The topological polar surface area (TPSA) is 103 Å². The van der Waals surface area contributed by atoms with Crippen molar-refractivity contribution >= 4 is 46.6 Å². The first-order valence-corrected chi connectivity index (χ1v) is 11.1. The van der Waals surface area contributed by atoms with E-state index in [1.165, 1.54) is 0 Å². The minimum Gasteiger partial charge on any atom is -0.383 e. The molecule has 0 spiro atoms. The summed E-state index contributed by atoms with van der Waals surface area (Å²) in [7, 11) is 3.92. The summed E-state index contributed by atoms with van der Waals surface area (Å²) in [5.74, 6) is -0.0587. The van der Waals surface area contributed by atoms with Gasteiger partial charge in [0.1, 0.15) is 23.3 Å². The SMILES string of the molecule is CC(=N)c1c(N)nc(-c2ccc(NSc3cc(F)ccc3F)c(Cl)c2)nc1NCCN(C)C. The van der Waals surface area contributed by atoms with Gasteiger partial charge in [0.25, 0.3) is 0 Å². The van der Waals surface area contributed by atoms with Crippen LogP contribution in [0.4, 0.5) is 26.1 Å². The van der Waals surface area contributed by atoms with Crippen molar-refractivity contribution in [1.82, 2.24) is 14.9 Å². The number of nitrogens with one attached hydrogen (secondary N) is 3. The third kappa shape index (κ3) is 6.31. The number of aromatic nitrogens is 2. The minimum atomic E-state index is -0.540. The zero-order valence-electron chi connectivity index (χ0n) is 18.3.